The van der Waals surface area contributed by atoms with Gasteiger partial charge in [-0.05, 0) is 12.5 Å². The molecule has 2 rings (SSSR count). The minimum absolute atomic E-state index is 0.0762. The van der Waals surface area contributed by atoms with Crippen LogP contribution in [0.2, 0.25) is 0 Å². The molecule has 0 amide bonds. The van der Waals surface area contributed by atoms with Crippen molar-refractivity contribution in [2.24, 2.45) is 0 Å². The molecule has 1 aromatic carbocycles. The topological polar surface area (TPSA) is 61.0 Å². The van der Waals surface area contributed by atoms with Crippen LogP contribution in [-0.2, 0) is 0 Å². The molecule has 0 N–H and O–H groups in total. The van der Waals surface area contributed by atoms with E-state index in [-0.39, 0.29) is 5.69 Å². The lowest BCUT2D eigenvalue weighted by molar-refractivity contribution is -0.384. The molecule has 0 spiro atoms. The summed E-state index contributed by atoms with van der Waals surface area (Å²) in [5.74, 6) is 0. The Labute approximate surface area is 113 Å². The molecule has 0 saturated carbocycles. The molecule has 1 unspecified atom stereocenters. The van der Waals surface area contributed by atoms with Gasteiger partial charge in [-0.15, -0.1) is 0 Å². The fraction of sp³-hybridized carbons (Fsp3) is 0.364. The van der Waals surface area contributed by atoms with E-state index in [0.29, 0.717) is 10.8 Å². The van der Waals surface area contributed by atoms with E-state index < -0.39 is 4.92 Å². The molecular formula is C11H13N3O2S2. The number of nitro benzene ring substituents is 1. The number of fused-ring (bicyclic) bond motifs is 1. The minimum atomic E-state index is -0.403. The number of nitrogens with zero attached hydrogens (tertiary/aromatic N) is 3. The van der Waals surface area contributed by atoms with Crippen LogP contribution in [0.4, 0.5) is 5.69 Å². The zero-order chi connectivity index (χ0) is 13.1. The Morgan fingerprint density at radius 3 is 3.00 bits per heavy atom. The predicted molar refractivity (Wildman–Crippen MR) is 76.7 cm³/mol. The lowest BCUT2D eigenvalue weighted by atomic mass is 10.3. The summed E-state index contributed by atoms with van der Waals surface area (Å²) in [5.41, 5.74) is 1.63. The van der Waals surface area contributed by atoms with E-state index in [1.54, 1.807) is 34.2 Å². The van der Waals surface area contributed by atoms with Gasteiger partial charge in [0, 0.05) is 28.4 Å². The van der Waals surface area contributed by atoms with Crippen molar-refractivity contribution >= 4 is 38.5 Å². The lowest BCUT2D eigenvalue weighted by Gasteiger charge is -2.07. The van der Waals surface area contributed by atoms with E-state index in [1.165, 1.54) is 12.1 Å². The van der Waals surface area contributed by atoms with Crippen molar-refractivity contribution in [3.63, 3.8) is 0 Å². The Bertz CT molecular complexity index is 570. The van der Waals surface area contributed by atoms with Crippen LogP contribution in [0.1, 0.15) is 20.3 Å². The van der Waals surface area contributed by atoms with Crippen molar-refractivity contribution in [1.82, 2.24) is 8.96 Å². The largest absolute Gasteiger partial charge is 0.271 e. The average Bonchev–Trinajstić information content (AvgIpc) is 2.78. The number of hydrogen-bond donors (Lipinski definition) is 0. The van der Waals surface area contributed by atoms with Crippen LogP contribution >= 0.6 is 21.8 Å². The number of aromatic nitrogens is 2. The standard InChI is InChI=1S/C11H13N3O2S2/c1-3-8(2)17-18-13-7-12-10-6-9(14(15)16)4-5-11(10)13/h4-8H,3H2,1-2H3. The van der Waals surface area contributed by atoms with Crippen LogP contribution in [0.25, 0.3) is 11.0 Å². The fourth-order valence-corrected chi connectivity index (χ4v) is 3.52. The fourth-order valence-electron chi connectivity index (χ4n) is 1.34. The minimum Gasteiger partial charge on any atom is -0.263 e. The Hall–Kier alpha value is -1.21. The molecule has 0 bridgehead atoms. The van der Waals surface area contributed by atoms with Crippen molar-refractivity contribution in [3.8, 4) is 0 Å². The Morgan fingerprint density at radius 1 is 1.56 bits per heavy atom. The second-order valence-electron chi connectivity index (χ2n) is 3.89. The Morgan fingerprint density at radius 2 is 2.33 bits per heavy atom. The molecule has 0 aliphatic carbocycles. The van der Waals surface area contributed by atoms with Gasteiger partial charge in [0.1, 0.15) is 6.33 Å². The summed E-state index contributed by atoms with van der Waals surface area (Å²) in [5, 5.41) is 11.2. The van der Waals surface area contributed by atoms with Crippen LogP contribution in [0.3, 0.4) is 0 Å². The van der Waals surface area contributed by atoms with Gasteiger partial charge in [-0.2, -0.15) is 0 Å². The van der Waals surface area contributed by atoms with Crippen LogP contribution in [0.15, 0.2) is 24.5 Å². The molecule has 1 atom stereocenters. The van der Waals surface area contributed by atoms with Crippen LogP contribution < -0.4 is 0 Å². The average molecular weight is 283 g/mol. The maximum absolute atomic E-state index is 10.7. The molecular weight excluding hydrogens is 270 g/mol. The second-order valence-corrected chi connectivity index (χ2v) is 6.45. The molecule has 18 heavy (non-hydrogen) atoms. The number of nitro groups is 1. The van der Waals surface area contributed by atoms with E-state index in [1.807, 2.05) is 3.97 Å². The SMILES string of the molecule is CCC(C)SSn1cnc2cc([N+](=O)[O-])ccc21. The quantitative estimate of drug-likeness (QED) is 0.473. The molecule has 96 valence electrons. The number of rotatable bonds is 5. The molecule has 0 fully saturated rings. The zero-order valence-electron chi connectivity index (χ0n) is 10.1. The Kier molecular flexibility index (Phi) is 4.13. The maximum atomic E-state index is 10.7. The third-order valence-corrected chi connectivity index (χ3v) is 5.50. The summed E-state index contributed by atoms with van der Waals surface area (Å²) in [6, 6.07) is 4.75. The molecule has 0 aliphatic rings. The molecule has 0 saturated heterocycles. The van der Waals surface area contributed by atoms with Crippen molar-refractivity contribution < 1.29 is 4.92 Å². The van der Waals surface area contributed by atoms with Crippen molar-refractivity contribution in [2.45, 2.75) is 25.5 Å². The van der Waals surface area contributed by atoms with Crippen molar-refractivity contribution in [1.29, 1.82) is 0 Å². The van der Waals surface area contributed by atoms with Gasteiger partial charge >= 0.3 is 0 Å². The third-order valence-electron chi connectivity index (χ3n) is 2.57. The normalized spacial score (nSPS) is 12.8. The first-order valence-electron chi connectivity index (χ1n) is 5.57. The van der Waals surface area contributed by atoms with Crippen LogP contribution in [-0.4, -0.2) is 19.1 Å². The first-order valence-corrected chi connectivity index (χ1v) is 7.74. The Balaban J connectivity index is 2.23. The number of imidazole rings is 1. The molecule has 7 heteroatoms. The maximum Gasteiger partial charge on any atom is 0.271 e. The van der Waals surface area contributed by atoms with Gasteiger partial charge in [0.15, 0.2) is 0 Å². The molecule has 1 aromatic heterocycles. The van der Waals surface area contributed by atoms with Gasteiger partial charge in [0.05, 0.1) is 16.0 Å². The molecule has 5 nitrogen and oxygen atoms in total. The van der Waals surface area contributed by atoms with E-state index >= 15 is 0 Å². The summed E-state index contributed by atoms with van der Waals surface area (Å²) in [7, 11) is 3.37. The summed E-state index contributed by atoms with van der Waals surface area (Å²) < 4.78 is 1.94. The highest BCUT2D eigenvalue weighted by molar-refractivity contribution is 8.76. The van der Waals surface area contributed by atoms with Gasteiger partial charge in [0.2, 0.25) is 0 Å². The highest BCUT2D eigenvalue weighted by Crippen LogP contribution is 2.33. The van der Waals surface area contributed by atoms with Crippen molar-refractivity contribution in [2.75, 3.05) is 0 Å². The van der Waals surface area contributed by atoms with E-state index in [4.69, 9.17) is 0 Å². The smallest absolute Gasteiger partial charge is 0.263 e. The number of hydrogen-bond acceptors (Lipinski definition) is 5. The highest BCUT2D eigenvalue weighted by atomic mass is 33.1. The summed E-state index contributed by atoms with van der Waals surface area (Å²) in [6.07, 6.45) is 2.81. The number of non-ortho nitro benzene ring substituents is 1. The molecule has 0 radical (unpaired) electrons. The first-order chi connectivity index (χ1) is 8.61. The molecule has 1 heterocycles. The van der Waals surface area contributed by atoms with Crippen LogP contribution in [0.5, 0.6) is 0 Å². The predicted octanol–water partition coefficient (Wildman–Crippen LogP) is 3.89. The lowest BCUT2D eigenvalue weighted by Crippen LogP contribution is -1.91. The summed E-state index contributed by atoms with van der Waals surface area (Å²) in [6.45, 7) is 4.31. The van der Waals surface area contributed by atoms with Gasteiger partial charge in [-0.25, -0.2) is 4.98 Å². The van der Waals surface area contributed by atoms with E-state index in [0.717, 1.165) is 11.9 Å². The highest BCUT2D eigenvalue weighted by Gasteiger charge is 2.11. The zero-order valence-corrected chi connectivity index (χ0v) is 11.7. The summed E-state index contributed by atoms with van der Waals surface area (Å²) in [4.78, 5) is 14.5. The van der Waals surface area contributed by atoms with Crippen molar-refractivity contribution in [3.05, 3.63) is 34.6 Å². The number of benzene rings is 1. The molecule has 2 aromatic rings. The third kappa shape index (κ3) is 2.78. The monoisotopic (exact) mass is 283 g/mol. The second kappa shape index (κ2) is 5.62. The summed E-state index contributed by atoms with van der Waals surface area (Å²) >= 11 is 0. The van der Waals surface area contributed by atoms with E-state index in [2.05, 4.69) is 18.8 Å². The van der Waals surface area contributed by atoms with Gasteiger partial charge in [-0.3, -0.25) is 14.1 Å². The first kappa shape index (κ1) is 13.2. The molecule has 0 aliphatic heterocycles. The van der Waals surface area contributed by atoms with Crippen LogP contribution in [0, 0.1) is 10.1 Å². The van der Waals surface area contributed by atoms with Gasteiger partial charge < -0.3 is 0 Å². The van der Waals surface area contributed by atoms with E-state index in [9.17, 15) is 10.1 Å². The van der Waals surface area contributed by atoms with Gasteiger partial charge in [0.25, 0.3) is 5.69 Å². The van der Waals surface area contributed by atoms with Gasteiger partial charge in [-0.1, -0.05) is 24.6 Å².